The number of carboxylic acids is 1. The van der Waals surface area contributed by atoms with Crippen LogP contribution in [0.2, 0.25) is 5.02 Å². The first-order chi connectivity index (χ1) is 8.04. The number of carbonyl (C=O) groups is 2. The van der Waals surface area contributed by atoms with Gasteiger partial charge in [0.1, 0.15) is 6.54 Å². The molecule has 1 aromatic carbocycles. The Bertz CT molecular complexity index is 445. The molecule has 0 unspecified atom stereocenters. The molecule has 1 N–H and O–H groups in total. The van der Waals surface area contributed by atoms with E-state index in [1.807, 2.05) is 0 Å². The van der Waals surface area contributed by atoms with Crippen LogP contribution >= 0.6 is 11.6 Å². The van der Waals surface area contributed by atoms with Crippen molar-refractivity contribution in [2.24, 2.45) is 0 Å². The minimum absolute atomic E-state index is 0.0831. The zero-order valence-corrected chi connectivity index (χ0v) is 9.85. The molecule has 0 fully saturated rings. The van der Waals surface area contributed by atoms with Crippen LogP contribution in [0.3, 0.4) is 0 Å². The van der Waals surface area contributed by atoms with Crippen LogP contribution in [0.15, 0.2) is 36.9 Å². The fourth-order valence-corrected chi connectivity index (χ4v) is 1.52. The summed E-state index contributed by atoms with van der Waals surface area (Å²) in [5, 5.41) is 9.23. The molecule has 5 heteroatoms. The molecular weight excluding hydrogens is 242 g/mol. The van der Waals surface area contributed by atoms with Gasteiger partial charge in [-0.25, -0.2) is 0 Å². The molecule has 4 nitrogen and oxygen atoms in total. The molecule has 90 valence electrons. The summed E-state index contributed by atoms with van der Waals surface area (Å²) in [7, 11) is 0. The molecule has 1 rings (SSSR count). The van der Waals surface area contributed by atoms with Crippen molar-refractivity contribution in [3.63, 3.8) is 0 Å². The first-order valence-corrected chi connectivity index (χ1v) is 5.31. The number of amides is 1. The second-order valence-corrected chi connectivity index (χ2v) is 3.78. The summed E-state index contributed by atoms with van der Waals surface area (Å²) in [4.78, 5) is 23.6. The van der Waals surface area contributed by atoms with Crippen molar-refractivity contribution in [1.29, 1.82) is 0 Å². The van der Waals surface area contributed by atoms with E-state index in [0.29, 0.717) is 10.7 Å². The summed E-state index contributed by atoms with van der Waals surface area (Å²) in [6.07, 6.45) is 1.52. The number of benzene rings is 1. The average molecular weight is 254 g/mol. The van der Waals surface area contributed by atoms with Gasteiger partial charge in [-0.1, -0.05) is 23.7 Å². The smallest absolute Gasteiger partial charge is 0.323 e. The Hall–Kier alpha value is -1.81. The Morgan fingerprint density at radius 3 is 2.71 bits per heavy atom. The number of hydrogen-bond acceptors (Lipinski definition) is 2. The van der Waals surface area contributed by atoms with Crippen LogP contribution in [-0.4, -0.2) is 23.5 Å². The summed E-state index contributed by atoms with van der Waals surface area (Å²) in [6.45, 7) is 3.06. The third-order valence-corrected chi connectivity index (χ3v) is 2.27. The van der Waals surface area contributed by atoms with Gasteiger partial charge in [0.05, 0.1) is 0 Å². The summed E-state index contributed by atoms with van der Waals surface area (Å²) >= 11 is 5.80. The topological polar surface area (TPSA) is 57.6 Å². The standard InChI is InChI=1S/C12H12ClNO3/c1-2-4-11(15)14(8-12(16)17)10-6-3-5-9(13)7-10/h2-3,5-7H,1,4,8H2,(H,16,17). The van der Waals surface area contributed by atoms with E-state index < -0.39 is 12.5 Å². The molecule has 0 radical (unpaired) electrons. The van der Waals surface area contributed by atoms with Gasteiger partial charge in [0.2, 0.25) is 5.91 Å². The fraction of sp³-hybridized carbons (Fsp3) is 0.167. The first-order valence-electron chi connectivity index (χ1n) is 4.93. The van der Waals surface area contributed by atoms with Crippen molar-refractivity contribution in [3.8, 4) is 0 Å². The summed E-state index contributed by atoms with van der Waals surface area (Å²) in [5.74, 6) is -1.41. The van der Waals surface area contributed by atoms with Crippen LogP contribution in [0.5, 0.6) is 0 Å². The lowest BCUT2D eigenvalue weighted by Crippen LogP contribution is -2.35. The molecule has 1 amide bonds. The molecule has 0 bridgehead atoms. The van der Waals surface area contributed by atoms with Gasteiger partial charge < -0.3 is 10.0 Å². The Balaban J connectivity index is 3.00. The molecule has 0 atom stereocenters. The number of carbonyl (C=O) groups excluding carboxylic acids is 1. The molecule has 0 aromatic heterocycles. The Labute approximate surface area is 104 Å². The molecule has 0 aliphatic carbocycles. The van der Waals surface area contributed by atoms with Crippen molar-refractivity contribution in [1.82, 2.24) is 0 Å². The third kappa shape index (κ3) is 3.92. The minimum atomic E-state index is -1.08. The zero-order chi connectivity index (χ0) is 12.8. The SMILES string of the molecule is C=CCC(=O)N(CC(=O)O)c1cccc(Cl)c1. The number of nitrogens with zero attached hydrogens (tertiary/aromatic N) is 1. The van der Waals surface area contributed by atoms with Gasteiger partial charge in [-0.2, -0.15) is 0 Å². The molecular formula is C12H12ClNO3. The van der Waals surface area contributed by atoms with E-state index >= 15 is 0 Å². The number of anilines is 1. The second-order valence-electron chi connectivity index (χ2n) is 3.35. The maximum Gasteiger partial charge on any atom is 0.323 e. The van der Waals surface area contributed by atoms with Crippen LogP contribution in [0.1, 0.15) is 6.42 Å². The Morgan fingerprint density at radius 2 is 2.18 bits per heavy atom. The van der Waals surface area contributed by atoms with Crippen molar-refractivity contribution >= 4 is 29.2 Å². The molecule has 0 heterocycles. The van der Waals surface area contributed by atoms with Crippen LogP contribution in [0.4, 0.5) is 5.69 Å². The average Bonchev–Trinajstić information content (AvgIpc) is 2.26. The third-order valence-electron chi connectivity index (χ3n) is 2.03. The van der Waals surface area contributed by atoms with E-state index in [1.165, 1.54) is 6.08 Å². The molecule has 0 aliphatic heterocycles. The van der Waals surface area contributed by atoms with Crippen molar-refractivity contribution in [2.45, 2.75) is 6.42 Å². The Kier molecular flexibility index (Phi) is 4.72. The predicted octanol–water partition coefficient (Wildman–Crippen LogP) is 2.33. The largest absolute Gasteiger partial charge is 0.480 e. The minimum Gasteiger partial charge on any atom is -0.480 e. The van der Waals surface area contributed by atoms with Crippen LogP contribution in [0, 0.1) is 0 Å². The molecule has 0 saturated heterocycles. The van der Waals surface area contributed by atoms with Gasteiger partial charge in [0.25, 0.3) is 0 Å². The van der Waals surface area contributed by atoms with Crippen molar-refractivity contribution in [3.05, 3.63) is 41.9 Å². The number of rotatable bonds is 5. The maximum absolute atomic E-state index is 11.7. The highest BCUT2D eigenvalue weighted by Crippen LogP contribution is 2.20. The zero-order valence-electron chi connectivity index (χ0n) is 9.10. The van der Waals surface area contributed by atoms with Crippen molar-refractivity contribution < 1.29 is 14.7 Å². The van der Waals surface area contributed by atoms with Crippen molar-refractivity contribution in [2.75, 3.05) is 11.4 Å². The number of carboxylic acid groups (broad SMARTS) is 1. The molecule has 0 saturated carbocycles. The van der Waals surface area contributed by atoms with E-state index in [1.54, 1.807) is 24.3 Å². The van der Waals surface area contributed by atoms with Gasteiger partial charge in [-0.15, -0.1) is 6.58 Å². The summed E-state index contributed by atoms with van der Waals surface area (Å²) in [6, 6.07) is 6.50. The number of hydrogen-bond donors (Lipinski definition) is 1. The lowest BCUT2D eigenvalue weighted by molar-refractivity contribution is -0.136. The van der Waals surface area contributed by atoms with Crippen LogP contribution < -0.4 is 4.90 Å². The van der Waals surface area contributed by atoms with Gasteiger partial charge in [0, 0.05) is 17.1 Å². The fourth-order valence-electron chi connectivity index (χ4n) is 1.34. The van der Waals surface area contributed by atoms with Gasteiger partial charge in [-0.3, -0.25) is 9.59 Å². The maximum atomic E-state index is 11.7. The highest BCUT2D eigenvalue weighted by Gasteiger charge is 2.17. The molecule has 1 aromatic rings. The lowest BCUT2D eigenvalue weighted by Gasteiger charge is -2.20. The predicted molar refractivity (Wildman–Crippen MR) is 66.3 cm³/mol. The van der Waals surface area contributed by atoms with E-state index in [0.717, 1.165) is 4.90 Å². The van der Waals surface area contributed by atoms with Crippen LogP contribution in [-0.2, 0) is 9.59 Å². The van der Waals surface area contributed by atoms with Gasteiger partial charge in [0.15, 0.2) is 0 Å². The molecule has 0 spiro atoms. The molecule has 0 aliphatic rings. The van der Waals surface area contributed by atoms with E-state index in [9.17, 15) is 9.59 Å². The van der Waals surface area contributed by atoms with E-state index in [4.69, 9.17) is 16.7 Å². The molecule has 17 heavy (non-hydrogen) atoms. The normalized spacial score (nSPS) is 9.71. The quantitative estimate of drug-likeness (QED) is 0.820. The highest BCUT2D eigenvalue weighted by atomic mass is 35.5. The number of halogens is 1. The lowest BCUT2D eigenvalue weighted by atomic mass is 10.2. The van der Waals surface area contributed by atoms with Crippen LogP contribution in [0.25, 0.3) is 0 Å². The second kappa shape index (κ2) is 6.06. The highest BCUT2D eigenvalue weighted by molar-refractivity contribution is 6.30. The number of aliphatic carboxylic acids is 1. The summed E-state index contributed by atoms with van der Waals surface area (Å²) < 4.78 is 0. The Morgan fingerprint density at radius 1 is 1.47 bits per heavy atom. The van der Waals surface area contributed by atoms with Gasteiger partial charge in [-0.05, 0) is 18.2 Å². The van der Waals surface area contributed by atoms with E-state index in [2.05, 4.69) is 6.58 Å². The van der Waals surface area contributed by atoms with E-state index in [-0.39, 0.29) is 12.3 Å². The monoisotopic (exact) mass is 253 g/mol. The first kappa shape index (κ1) is 13.3. The summed E-state index contributed by atoms with van der Waals surface area (Å²) in [5.41, 5.74) is 0.465. The van der Waals surface area contributed by atoms with Gasteiger partial charge >= 0.3 is 5.97 Å².